The van der Waals surface area contributed by atoms with Crippen LogP contribution in [-0.4, -0.2) is 17.3 Å². The van der Waals surface area contributed by atoms with Crippen molar-refractivity contribution in [2.24, 2.45) is 11.8 Å². The van der Waals surface area contributed by atoms with Gasteiger partial charge in [-0.15, -0.1) is 0 Å². The van der Waals surface area contributed by atoms with Gasteiger partial charge in [-0.1, -0.05) is 13.8 Å². The largest absolute Gasteiger partial charge is 0.493 e. The van der Waals surface area contributed by atoms with E-state index in [1.807, 2.05) is 19.9 Å². The van der Waals surface area contributed by atoms with Crippen LogP contribution < -0.4 is 0 Å². The van der Waals surface area contributed by atoms with E-state index in [1.165, 1.54) is 5.57 Å². The first-order valence-corrected chi connectivity index (χ1v) is 5.22. The predicted molar refractivity (Wildman–Crippen MR) is 55.7 cm³/mol. The molecule has 3 atom stereocenters. The second-order valence-electron chi connectivity index (χ2n) is 4.73. The van der Waals surface area contributed by atoms with Gasteiger partial charge in [-0.05, 0) is 31.1 Å². The minimum Gasteiger partial charge on any atom is -0.493 e. The molecule has 0 aromatic rings. The van der Waals surface area contributed by atoms with E-state index in [2.05, 4.69) is 13.8 Å². The first kappa shape index (κ1) is 9.78. The highest BCUT2D eigenvalue weighted by atomic mass is 16.5. The van der Waals surface area contributed by atoms with Crippen LogP contribution in [0.25, 0.3) is 0 Å². The maximum Gasteiger partial charge on any atom is 0.119 e. The molecular weight excluding hydrogens is 176 g/mol. The molecule has 2 heteroatoms. The Balaban J connectivity index is 2.47. The highest BCUT2D eigenvalue weighted by Gasteiger charge is 2.41. The quantitative estimate of drug-likeness (QED) is 0.641. The summed E-state index contributed by atoms with van der Waals surface area (Å²) in [5.41, 5.74) is 1.57. The molecule has 2 nitrogen and oxygen atoms in total. The molecule has 3 unspecified atom stereocenters. The summed E-state index contributed by atoms with van der Waals surface area (Å²) < 4.78 is 5.60. The van der Waals surface area contributed by atoms with E-state index in [1.54, 1.807) is 0 Å². The molecule has 14 heavy (non-hydrogen) atoms. The van der Waals surface area contributed by atoms with Crippen molar-refractivity contribution in [3.63, 3.8) is 0 Å². The predicted octanol–water partition coefficient (Wildman–Crippen LogP) is 2.25. The average molecular weight is 194 g/mol. The highest BCUT2D eigenvalue weighted by Crippen LogP contribution is 2.43. The third-order valence-corrected chi connectivity index (χ3v) is 3.76. The van der Waals surface area contributed by atoms with Gasteiger partial charge in [0.1, 0.15) is 5.76 Å². The summed E-state index contributed by atoms with van der Waals surface area (Å²) in [4.78, 5) is 0. The molecule has 1 heterocycles. The lowest BCUT2D eigenvalue weighted by molar-refractivity contribution is 0.0519. The minimum atomic E-state index is -0.708. The SMILES string of the molecule is CC1=CC2=C(C(C)CO2)C(C)C1(C)O. The molecule has 1 aliphatic carbocycles. The molecule has 0 spiro atoms. The van der Waals surface area contributed by atoms with Crippen molar-refractivity contribution in [3.8, 4) is 0 Å². The van der Waals surface area contributed by atoms with Crippen molar-refractivity contribution in [3.05, 3.63) is 23.0 Å². The van der Waals surface area contributed by atoms with Crippen LogP contribution in [0.4, 0.5) is 0 Å². The van der Waals surface area contributed by atoms with Crippen LogP contribution in [0.3, 0.4) is 0 Å². The third kappa shape index (κ3) is 1.13. The summed E-state index contributed by atoms with van der Waals surface area (Å²) in [5, 5.41) is 10.3. The average Bonchev–Trinajstić information content (AvgIpc) is 2.44. The molecule has 2 aliphatic rings. The zero-order chi connectivity index (χ0) is 10.5. The van der Waals surface area contributed by atoms with Gasteiger partial charge in [-0.3, -0.25) is 0 Å². The molecule has 1 aliphatic heterocycles. The smallest absolute Gasteiger partial charge is 0.119 e. The maximum atomic E-state index is 10.3. The zero-order valence-electron chi connectivity index (χ0n) is 9.29. The summed E-state index contributed by atoms with van der Waals surface area (Å²) in [6.45, 7) is 8.85. The Morgan fingerprint density at radius 1 is 1.50 bits per heavy atom. The van der Waals surface area contributed by atoms with Crippen LogP contribution >= 0.6 is 0 Å². The molecule has 0 aromatic carbocycles. The van der Waals surface area contributed by atoms with Crippen molar-refractivity contribution in [1.29, 1.82) is 0 Å². The van der Waals surface area contributed by atoms with Gasteiger partial charge in [0.15, 0.2) is 0 Å². The lowest BCUT2D eigenvalue weighted by atomic mass is 9.73. The second kappa shape index (κ2) is 2.86. The van der Waals surface area contributed by atoms with Crippen molar-refractivity contribution < 1.29 is 9.84 Å². The maximum absolute atomic E-state index is 10.3. The highest BCUT2D eigenvalue weighted by molar-refractivity contribution is 5.40. The van der Waals surface area contributed by atoms with E-state index in [-0.39, 0.29) is 5.92 Å². The standard InChI is InChI=1S/C12H18O2/c1-7-6-14-10-5-8(2)12(4,13)9(3)11(7)10/h5,7,9,13H,6H2,1-4H3. The van der Waals surface area contributed by atoms with Gasteiger partial charge in [-0.25, -0.2) is 0 Å². The van der Waals surface area contributed by atoms with Crippen LogP contribution in [0, 0.1) is 11.8 Å². The summed E-state index contributed by atoms with van der Waals surface area (Å²) in [5.74, 6) is 1.60. The second-order valence-corrected chi connectivity index (χ2v) is 4.73. The summed E-state index contributed by atoms with van der Waals surface area (Å²) in [6.07, 6.45) is 1.98. The van der Waals surface area contributed by atoms with Gasteiger partial charge < -0.3 is 9.84 Å². The molecule has 0 bridgehead atoms. The van der Waals surface area contributed by atoms with E-state index in [0.29, 0.717) is 5.92 Å². The fraction of sp³-hybridized carbons (Fsp3) is 0.667. The van der Waals surface area contributed by atoms with Crippen LogP contribution in [-0.2, 0) is 4.74 Å². The summed E-state index contributed by atoms with van der Waals surface area (Å²) >= 11 is 0. The number of hydrogen-bond donors (Lipinski definition) is 1. The van der Waals surface area contributed by atoms with Gasteiger partial charge in [0.05, 0.1) is 12.2 Å². The van der Waals surface area contributed by atoms with E-state index < -0.39 is 5.60 Å². The number of rotatable bonds is 0. The number of ether oxygens (including phenoxy) is 1. The van der Waals surface area contributed by atoms with E-state index in [4.69, 9.17) is 4.74 Å². The molecule has 1 N–H and O–H groups in total. The Morgan fingerprint density at radius 3 is 2.79 bits per heavy atom. The third-order valence-electron chi connectivity index (χ3n) is 3.76. The van der Waals surface area contributed by atoms with Gasteiger partial charge in [0.2, 0.25) is 0 Å². The van der Waals surface area contributed by atoms with Gasteiger partial charge in [-0.2, -0.15) is 0 Å². The first-order chi connectivity index (χ1) is 6.44. The Labute approximate surface area is 85.3 Å². The van der Waals surface area contributed by atoms with Crippen LogP contribution in [0.2, 0.25) is 0 Å². The Kier molecular flexibility index (Phi) is 2.00. The topological polar surface area (TPSA) is 29.5 Å². The molecule has 2 rings (SSSR count). The van der Waals surface area contributed by atoms with E-state index in [0.717, 1.165) is 17.9 Å². The van der Waals surface area contributed by atoms with Crippen LogP contribution in [0.15, 0.2) is 23.0 Å². The summed E-state index contributed by atoms with van der Waals surface area (Å²) in [6, 6.07) is 0. The van der Waals surface area contributed by atoms with Crippen molar-refractivity contribution in [2.45, 2.75) is 33.3 Å². The molecule has 0 saturated heterocycles. The van der Waals surface area contributed by atoms with E-state index in [9.17, 15) is 5.11 Å². The molecule has 0 fully saturated rings. The summed E-state index contributed by atoms with van der Waals surface area (Å²) in [7, 11) is 0. The zero-order valence-corrected chi connectivity index (χ0v) is 9.29. The lowest BCUT2D eigenvalue weighted by Gasteiger charge is -2.36. The van der Waals surface area contributed by atoms with Crippen LogP contribution in [0.5, 0.6) is 0 Å². The molecule has 0 saturated carbocycles. The number of aliphatic hydroxyl groups is 1. The van der Waals surface area contributed by atoms with Crippen molar-refractivity contribution in [1.82, 2.24) is 0 Å². The van der Waals surface area contributed by atoms with Crippen molar-refractivity contribution >= 4 is 0 Å². The van der Waals surface area contributed by atoms with Crippen LogP contribution in [0.1, 0.15) is 27.7 Å². The normalized spacial score (nSPS) is 41.9. The Morgan fingerprint density at radius 2 is 2.14 bits per heavy atom. The lowest BCUT2D eigenvalue weighted by Crippen LogP contribution is -2.38. The molecule has 0 radical (unpaired) electrons. The number of allylic oxidation sites excluding steroid dienone is 1. The monoisotopic (exact) mass is 194 g/mol. The Hall–Kier alpha value is -0.760. The van der Waals surface area contributed by atoms with Crippen molar-refractivity contribution in [2.75, 3.05) is 6.61 Å². The van der Waals surface area contributed by atoms with Gasteiger partial charge in [0.25, 0.3) is 0 Å². The fourth-order valence-corrected chi connectivity index (χ4v) is 2.38. The first-order valence-electron chi connectivity index (χ1n) is 5.22. The number of hydrogen-bond acceptors (Lipinski definition) is 2. The molecule has 78 valence electrons. The van der Waals surface area contributed by atoms with E-state index >= 15 is 0 Å². The molecule has 0 aromatic heterocycles. The Bertz CT molecular complexity index is 323. The van der Waals surface area contributed by atoms with Gasteiger partial charge in [0, 0.05) is 11.8 Å². The fourth-order valence-electron chi connectivity index (χ4n) is 2.38. The molecule has 0 amide bonds. The minimum absolute atomic E-state index is 0.167. The molecular formula is C12H18O2. The van der Waals surface area contributed by atoms with Gasteiger partial charge >= 0.3 is 0 Å².